The molecule has 0 aliphatic heterocycles. The number of aromatic nitrogens is 1. The van der Waals surface area contributed by atoms with Gasteiger partial charge < -0.3 is 9.42 Å². The minimum atomic E-state index is -0.0674. The van der Waals surface area contributed by atoms with E-state index in [9.17, 15) is 4.79 Å². The van der Waals surface area contributed by atoms with Crippen LogP contribution in [-0.4, -0.2) is 34.4 Å². The van der Waals surface area contributed by atoms with Crippen molar-refractivity contribution in [2.45, 2.75) is 32.2 Å². The fourth-order valence-electron chi connectivity index (χ4n) is 1.85. The van der Waals surface area contributed by atoms with Crippen LogP contribution in [0.15, 0.2) is 10.6 Å². The third-order valence-corrected chi connectivity index (χ3v) is 3.12. The Morgan fingerprint density at radius 1 is 1.69 bits per heavy atom. The first-order chi connectivity index (χ1) is 7.72. The van der Waals surface area contributed by atoms with Crippen LogP contribution in [0, 0.1) is 6.92 Å². The standard InChI is InChI=1S/C11H15ClN2O2/c1-8-7-10(13-16-8)11(15)14(6-5-12)9-3-2-4-9/h7,9H,2-6H2,1H3. The van der Waals surface area contributed by atoms with Gasteiger partial charge in [-0.3, -0.25) is 4.79 Å². The van der Waals surface area contributed by atoms with Crippen molar-refractivity contribution in [2.75, 3.05) is 12.4 Å². The third kappa shape index (κ3) is 2.21. The molecular weight excluding hydrogens is 228 g/mol. The van der Waals surface area contributed by atoms with Gasteiger partial charge in [0, 0.05) is 24.5 Å². The van der Waals surface area contributed by atoms with Gasteiger partial charge in [0.15, 0.2) is 5.69 Å². The molecule has 2 rings (SSSR count). The summed E-state index contributed by atoms with van der Waals surface area (Å²) < 4.78 is 4.91. The fourth-order valence-corrected chi connectivity index (χ4v) is 2.04. The SMILES string of the molecule is Cc1cc(C(=O)N(CCCl)C2CCC2)no1. The highest BCUT2D eigenvalue weighted by Crippen LogP contribution is 2.26. The average molecular weight is 243 g/mol. The van der Waals surface area contributed by atoms with Crippen molar-refractivity contribution in [2.24, 2.45) is 0 Å². The van der Waals surface area contributed by atoms with Crippen LogP contribution in [0.3, 0.4) is 0 Å². The molecule has 1 aromatic rings. The van der Waals surface area contributed by atoms with E-state index in [0.29, 0.717) is 29.9 Å². The summed E-state index contributed by atoms with van der Waals surface area (Å²) >= 11 is 5.72. The molecule has 0 bridgehead atoms. The molecule has 0 N–H and O–H groups in total. The first kappa shape index (κ1) is 11.5. The number of carbonyl (C=O) groups is 1. The lowest BCUT2D eigenvalue weighted by atomic mass is 9.91. The molecule has 1 aliphatic rings. The van der Waals surface area contributed by atoms with Crippen LogP contribution >= 0.6 is 11.6 Å². The van der Waals surface area contributed by atoms with Gasteiger partial charge in [0.05, 0.1) is 0 Å². The van der Waals surface area contributed by atoms with Gasteiger partial charge in [-0.1, -0.05) is 5.16 Å². The van der Waals surface area contributed by atoms with Crippen molar-refractivity contribution in [3.8, 4) is 0 Å². The fraction of sp³-hybridized carbons (Fsp3) is 0.636. The van der Waals surface area contributed by atoms with Gasteiger partial charge in [-0.2, -0.15) is 0 Å². The summed E-state index contributed by atoms with van der Waals surface area (Å²) in [6.45, 7) is 2.36. The molecule has 1 heterocycles. The van der Waals surface area contributed by atoms with Crippen LogP contribution in [0.5, 0.6) is 0 Å². The van der Waals surface area contributed by atoms with Crippen LogP contribution in [0.4, 0.5) is 0 Å². The highest BCUT2D eigenvalue weighted by Gasteiger charge is 2.30. The number of rotatable bonds is 4. The van der Waals surface area contributed by atoms with Crippen LogP contribution in [0.1, 0.15) is 35.5 Å². The predicted octanol–water partition coefficient (Wildman–Crippen LogP) is 2.22. The molecule has 0 atom stereocenters. The second-order valence-electron chi connectivity index (χ2n) is 4.10. The van der Waals surface area contributed by atoms with E-state index in [-0.39, 0.29) is 5.91 Å². The minimum Gasteiger partial charge on any atom is -0.361 e. The van der Waals surface area contributed by atoms with E-state index in [4.69, 9.17) is 16.1 Å². The lowest BCUT2D eigenvalue weighted by Crippen LogP contribution is -2.45. The molecule has 1 amide bonds. The zero-order valence-corrected chi connectivity index (χ0v) is 10.0. The van der Waals surface area contributed by atoms with Gasteiger partial charge in [-0.05, 0) is 26.2 Å². The van der Waals surface area contributed by atoms with E-state index < -0.39 is 0 Å². The van der Waals surface area contributed by atoms with Gasteiger partial charge in [-0.15, -0.1) is 11.6 Å². The van der Waals surface area contributed by atoms with E-state index in [1.54, 1.807) is 13.0 Å². The number of halogens is 1. The highest BCUT2D eigenvalue weighted by atomic mass is 35.5. The number of hydrogen-bond donors (Lipinski definition) is 0. The lowest BCUT2D eigenvalue weighted by molar-refractivity contribution is 0.0587. The molecule has 5 heteroatoms. The summed E-state index contributed by atoms with van der Waals surface area (Å²) in [6.07, 6.45) is 3.33. The maximum Gasteiger partial charge on any atom is 0.276 e. The number of alkyl halides is 1. The van der Waals surface area contributed by atoms with Gasteiger partial charge in [0.1, 0.15) is 5.76 Å². The molecule has 0 radical (unpaired) electrons. The van der Waals surface area contributed by atoms with Crippen molar-refractivity contribution in [3.63, 3.8) is 0 Å². The van der Waals surface area contributed by atoms with E-state index in [1.807, 2.05) is 4.90 Å². The van der Waals surface area contributed by atoms with E-state index >= 15 is 0 Å². The number of amides is 1. The largest absolute Gasteiger partial charge is 0.361 e. The monoisotopic (exact) mass is 242 g/mol. The van der Waals surface area contributed by atoms with Gasteiger partial charge >= 0.3 is 0 Å². The Kier molecular flexibility index (Phi) is 3.49. The molecule has 0 aromatic carbocycles. The number of hydrogen-bond acceptors (Lipinski definition) is 3. The molecule has 1 saturated carbocycles. The van der Waals surface area contributed by atoms with E-state index in [1.165, 1.54) is 6.42 Å². The third-order valence-electron chi connectivity index (χ3n) is 2.95. The Morgan fingerprint density at radius 2 is 2.44 bits per heavy atom. The Balaban J connectivity index is 2.09. The molecule has 1 fully saturated rings. The maximum atomic E-state index is 12.1. The van der Waals surface area contributed by atoms with Crippen molar-refractivity contribution in [1.29, 1.82) is 0 Å². The summed E-state index contributed by atoms with van der Waals surface area (Å²) in [5.41, 5.74) is 0.384. The second kappa shape index (κ2) is 4.87. The normalized spacial score (nSPS) is 15.9. The summed E-state index contributed by atoms with van der Waals surface area (Å²) in [4.78, 5) is 13.9. The second-order valence-corrected chi connectivity index (χ2v) is 4.47. The molecule has 0 saturated heterocycles. The minimum absolute atomic E-state index is 0.0674. The molecular formula is C11H15ClN2O2. The van der Waals surface area contributed by atoms with Crippen LogP contribution in [-0.2, 0) is 0 Å². The summed E-state index contributed by atoms with van der Waals surface area (Å²) in [5, 5.41) is 3.75. The predicted molar refractivity (Wildman–Crippen MR) is 60.6 cm³/mol. The summed E-state index contributed by atoms with van der Waals surface area (Å²) in [7, 11) is 0. The lowest BCUT2D eigenvalue weighted by Gasteiger charge is -2.36. The zero-order chi connectivity index (χ0) is 11.5. The molecule has 0 unspecified atom stereocenters. The van der Waals surface area contributed by atoms with E-state index in [2.05, 4.69) is 5.16 Å². The van der Waals surface area contributed by atoms with Gasteiger partial charge in [0.2, 0.25) is 0 Å². The average Bonchev–Trinajstić information content (AvgIpc) is 2.60. The summed E-state index contributed by atoms with van der Waals surface area (Å²) in [5.74, 6) is 1.05. The van der Waals surface area contributed by atoms with Crippen molar-refractivity contribution >= 4 is 17.5 Å². The quantitative estimate of drug-likeness (QED) is 0.761. The Labute approximate surface area is 99.5 Å². The first-order valence-electron chi connectivity index (χ1n) is 5.52. The number of aryl methyl sites for hydroxylation is 1. The van der Waals surface area contributed by atoms with Gasteiger partial charge in [-0.25, -0.2) is 0 Å². The van der Waals surface area contributed by atoms with Crippen LogP contribution < -0.4 is 0 Å². The molecule has 1 aliphatic carbocycles. The Hall–Kier alpha value is -1.03. The van der Waals surface area contributed by atoms with E-state index in [0.717, 1.165) is 12.8 Å². The van der Waals surface area contributed by atoms with Crippen molar-refractivity contribution < 1.29 is 9.32 Å². The van der Waals surface area contributed by atoms with Gasteiger partial charge in [0.25, 0.3) is 5.91 Å². The van der Waals surface area contributed by atoms with Crippen molar-refractivity contribution in [1.82, 2.24) is 10.1 Å². The maximum absolute atomic E-state index is 12.1. The number of nitrogens with zero attached hydrogens (tertiary/aromatic N) is 2. The Morgan fingerprint density at radius 3 is 2.88 bits per heavy atom. The zero-order valence-electron chi connectivity index (χ0n) is 9.28. The highest BCUT2D eigenvalue weighted by molar-refractivity contribution is 6.18. The first-order valence-corrected chi connectivity index (χ1v) is 6.06. The van der Waals surface area contributed by atoms with Crippen LogP contribution in [0.2, 0.25) is 0 Å². The van der Waals surface area contributed by atoms with Crippen molar-refractivity contribution in [3.05, 3.63) is 17.5 Å². The molecule has 0 spiro atoms. The van der Waals surface area contributed by atoms with Crippen LogP contribution in [0.25, 0.3) is 0 Å². The molecule has 88 valence electrons. The topological polar surface area (TPSA) is 46.3 Å². The molecule has 4 nitrogen and oxygen atoms in total. The molecule has 16 heavy (non-hydrogen) atoms. The molecule has 1 aromatic heterocycles. The smallest absolute Gasteiger partial charge is 0.276 e. The summed E-state index contributed by atoms with van der Waals surface area (Å²) in [6, 6.07) is 2.01. The number of carbonyl (C=O) groups excluding carboxylic acids is 1. The Bertz CT molecular complexity index is 374.